The molecule has 4 nitrogen and oxygen atoms in total. The zero-order valence-corrected chi connectivity index (χ0v) is 16.5. The summed E-state index contributed by atoms with van der Waals surface area (Å²) in [5.41, 5.74) is 2.88. The van der Waals surface area contributed by atoms with Gasteiger partial charge in [0.1, 0.15) is 0 Å². The number of hydrogen-bond donors (Lipinski definition) is 0. The summed E-state index contributed by atoms with van der Waals surface area (Å²) in [5, 5.41) is 0. The van der Waals surface area contributed by atoms with Crippen LogP contribution in [0.2, 0.25) is 0 Å². The van der Waals surface area contributed by atoms with E-state index in [4.69, 9.17) is 4.74 Å². The molecule has 2 aromatic carbocycles. The third-order valence-electron chi connectivity index (χ3n) is 4.25. The van der Waals surface area contributed by atoms with Crippen molar-refractivity contribution in [1.82, 2.24) is 0 Å². The minimum absolute atomic E-state index is 0.248. The maximum atomic E-state index is 12.7. The highest BCUT2D eigenvalue weighted by molar-refractivity contribution is 8.01. The van der Waals surface area contributed by atoms with Crippen LogP contribution >= 0.6 is 11.8 Å². The molecule has 0 saturated heterocycles. The van der Waals surface area contributed by atoms with E-state index in [1.54, 1.807) is 24.3 Å². The van der Waals surface area contributed by atoms with Crippen molar-refractivity contribution >= 4 is 38.7 Å². The van der Waals surface area contributed by atoms with E-state index in [0.717, 1.165) is 22.5 Å². The van der Waals surface area contributed by atoms with E-state index in [0.29, 0.717) is 5.57 Å². The number of cyclic esters (lactones) is 1. The number of benzene rings is 2. The molecule has 0 spiro atoms. The van der Waals surface area contributed by atoms with Gasteiger partial charge in [-0.3, -0.25) is 0 Å². The van der Waals surface area contributed by atoms with Crippen molar-refractivity contribution in [1.29, 1.82) is 0 Å². The van der Waals surface area contributed by atoms with Gasteiger partial charge in [-0.15, -0.1) is 11.8 Å². The van der Waals surface area contributed by atoms with Crippen LogP contribution in [0.15, 0.2) is 59.5 Å². The fourth-order valence-corrected chi connectivity index (χ4v) is 4.81. The molecule has 26 heavy (non-hydrogen) atoms. The van der Waals surface area contributed by atoms with Crippen LogP contribution in [0.5, 0.6) is 0 Å². The summed E-state index contributed by atoms with van der Waals surface area (Å²) in [4.78, 5) is 12.1. The van der Waals surface area contributed by atoms with E-state index in [9.17, 15) is 13.2 Å². The number of carbonyl (C=O) groups is 1. The zero-order chi connectivity index (χ0) is 18.9. The molecule has 1 aliphatic heterocycles. The van der Waals surface area contributed by atoms with Crippen molar-refractivity contribution in [2.24, 2.45) is 0 Å². The quantitative estimate of drug-likeness (QED) is 0.724. The average Bonchev–Trinajstić information content (AvgIpc) is 2.85. The first-order valence-electron chi connectivity index (χ1n) is 8.24. The maximum Gasteiger partial charge on any atom is 0.340 e. The van der Waals surface area contributed by atoms with Crippen LogP contribution in [0.4, 0.5) is 0 Å². The Kier molecular flexibility index (Phi) is 4.99. The van der Waals surface area contributed by atoms with Crippen molar-refractivity contribution in [3.05, 3.63) is 65.7 Å². The second-order valence-electron chi connectivity index (χ2n) is 6.18. The lowest BCUT2D eigenvalue weighted by Crippen LogP contribution is -2.23. The van der Waals surface area contributed by atoms with Gasteiger partial charge in [0.15, 0.2) is 14.8 Å². The van der Waals surface area contributed by atoms with E-state index >= 15 is 0 Å². The lowest BCUT2D eigenvalue weighted by Gasteiger charge is -2.26. The second-order valence-corrected chi connectivity index (χ2v) is 9.84. The van der Waals surface area contributed by atoms with Crippen molar-refractivity contribution in [2.75, 3.05) is 12.0 Å². The molecule has 0 fully saturated rings. The van der Waals surface area contributed by atoms with Crippen LogP contribution < -0.4 is 0 Å². The van der Waals surface area contributed by atoms with Crippen LogP contribution in [-0.4, -0.2) is 31.3 Å². The first-order chi connectivity index (χ1) is 12.3. The number of esters is 1. The molecule has 1 aliphatic rings. The van der Waals surface area contributed by atoms with Gasteiger partial charge in [0.05, 0.1) is 10.5 Å². The van der Waals surface area contributed by atoms with Crippen molar-refractivity contribution in [3.63, 3.8) is 0 Å². The number of hydrogen-bond acceptors (Lipinski definition) is 5. The van der Waals surface area contributed by atoms with E-state index in [1.165, 1.54) is 18.0 Å². The SMILES string of the molecule is CCSC1(C)OC(=O)C(c2ccccc2)=C1c1ccc(S(C)(=O)=O)cc1. The standard InChI is InChI=1S/C20H20O4S2/c1-4-25-20(2)18(15-10-12-16(13-11-15)26(3,22)23)17(19(21)24-20)14-8-6-5-7-9-14/h5-13H,4H2,1-3H3. The van der Waals surface area contributed by atoms with E-state index in [2.05, 4.69) is 0 Å². The Morgan fingerprint density at radius 3 is 2.15 bits per heavy atom. The van der Waals surface area contributed by atoms with Crippen molar-refractivity contribution in [3.8, 4) is 0 Å². The van der Waals surface area contributed by atoms with Gasteiger partial charge >= 0.3 is 5.97 Å². The van der Waals surface area contributed by atoms with Crippen LogP contribution in [-0.2, 0) is 19.4 Å². The Bertz CT molecular complexity index is 961. The van der Waals surface area contributed by atoms with Crippen molar-refractivity contribution < 1.29 is 17.9 Å². The van der Waals surface area contributed by atoms with Gasteiger partial charge in [0, 0.05) is 11.8 Å². The average molecular weight is 389 g/mol. The van der Waals surface area contributed by atoms with Gasteiger partial charge in [0.25, 0.3) is 0 Å². The summed E-state index contributed by atoms with van der Waals surface area (Å²) < 4.78 is 29.2. The molecule has 3 rings (SSSR count). The van der Waals surface area contributed by atoms with E-state index in [1.807, 2.05) is 44.2 Å². The first kappa shape index (κ1) is 18.7. The monoisotopic (exact) mass is 388 g/mol. The lowest BCUT2D eigenvalue weighted by atomic mass is 9.93. The van der Waals surface area contributed by atoms with Gasteiger partial charge in [-0.25, -0.2) is 13.2 Å². The summed E-state index contributed by atoms with van der Waals surface area (Å²) in [7, 11) is -3.28. The van der Waals surface area contributed by atoms with E-state index in [-0.39, 0.29) is 10.9 Å². The molecule has 1 atom stereocenters. The molecule has 6 heteroatoms. The number of ether oxygens (including phenoxy) is 1. The summed E-state index contributed by atoms with van der Waals surface area (Å²) in [6.07, 6.45) is 1.18. The molecule has 0 amide bonds. The Morgan fingerprint density at radius 2 is 1.62 bits per heavy atom. The molecular weight excluding hydrogens is 368 g/mol. The molecule has 0 bridgehead atoms. The summed E-state index contributed by atoms with van der Waals surface area (Å²) in [6, 6.07) is 16.0. The summed E-state index contributed by atoms with van der Waals surface area (Å²) in [6.45, 7) is 3.89. The van der Waals surface area contributed by atoms with Crippen LogP contribution in [0.3, 0.4) is 0 Å². The number of thioether (sulfide) groups is 1. The van der Waals surface area contributed by atoms with Gasteiger partial charge in [-0.05, 0) is 35.9 Å². The second kappa shape index (κ2) is 6.93. The minimum Gasteiger partial charge on any atom is -0.440 e. The van der Waals surface area contributed by atoms with Gasteiger partial charge in [-0.1, -0.05) is 49.4 Å². The van der Waals surface area contributed by atoms with Gasteiger partial charge in [-0.2, -0.15) is 0 Å². The van der Waals surface area contributed by atoms with Crippen LogP contribution in [0.1, 0.15) is 25.0 Å². The first-order valence-corrected chi connectivity index (χ1v) is 11.1. The summed E-state index contributed by atoms with van der Waals surface area (Å²) in [5.74, 6) is 0.415. The van der Waals surface area contributed by atoms with Crippen molar-refractivity contribution in [2.45, 2.75) is 23.7 Å². The van der Waals surface area contributed by atoms with Gasteiger partial charge in [0.2, 0.25) is 0 Å². The molecule has 1 heterocycles. The molecule has 0 aromatic heterocycles. The highest BCUT2D eigenvalue weighted by Gasteiger charge is 2.45. The largest absolute Gasteiger partial charge is 0.440 e. The Hall–Kier alpha value is -2.05. The van der Waals surface area contributed by atoms with Gasteiger partial charge < -0.3 is 4.74 Å². The maximum absolute atomic E-state index is 12.7. The van der Waals surface area contributed by atoms with Crippen LogP contribution in [0, 0.1) is 0 Å². The van der Waals surface area contributed by atoms with E-state index < -0.39 is 14.8 Å². The third-order valence-corrected chi connectivity index (χ3v) is 6.50. The Morgan fingerprint density at radius 1 is 1.00 bits per heavy atom. The number of carbonyl (C=O) groups excluding carboxylic acids is 1. The predicted molar refractivity (Wildman–Crippen MR) is 105 cm³/mol. The molecular formula is C20H20O4S2. The predicted octanol–water partition coefficient (Wildman–Crippen LogP) is 4.03. The normalized spacial score (nSPS) is 20.3. The Balaban J connectivity index is 2.22. The number of rotatable bonds is 5. The molecule has 0 N–H and O–H groups in total. The molecule has 0 saturated carbocycles. The highest BCUT2D eigenvalue weighted by Crippen LogP contribution is 2.49. The van der Waals surface area contributed by atoms with Crippen LogP contribution in [0.25, 0.3) is 11.1 Å². The highest BCUT2D eigenvalue weighted by atomic mass is 32.2. The minimum atomic E-state index is -3.28. The number of sulfone groups is 1. The molecule has 0 radical (unpaired) electrons. The topological polar surface area (TPSA) is 60.4 Å². The smallest absolute Gasteiger partial charge is 0.340 e. The fraction of sp³-hybridized carbons (Fsp3) is 0.250. The Labute approximate surface area is 158 Å². The fourth-order valence-electron chi connectivity index (χ4n) is 3.13. The lowest BCUT2D eigenvalue weighted by molar-refractivity contribution is -0.138. The molecule has 136 valence electrons. The molecule has 1 unspecified atom stereocenters. The molecule has 2 aromatic rings. The zero-order valence-electron chi connectivity index (χ0n) is 14.9. The third kappa shape index (κ3) is 3.44. The molecule has 0 aliphatic carbocycles. The summed E-state index contributed by atoms with van der Waals surface area (Å²) >= 11 is 1.54.